The number of nitrogens with one attached hydrogen (secondary N) is 2. The maximum absolute atomic E-state index is 13.6. The fraction of sp³-hybridized carbons (Fsp3) is 0.571. The Kier molecular flexibility index (Phi) is 8.70. The summed E-state index contributed by atoms with van der Waals surface area (Å²) in [4.78, 5) is 4.34. The lowest BCUT2D eigenvalue weighted by molar-refractivity contribution is -0.138. The molecular weight excluding hydrogens is 409 g/mol. The number of rotatable bonds is 9. The highest BCUT2D eigenvalue weighted by Gasteiger charge is 2.34. The summed E-state index contributed by atoms with van der Waals surface area (Å²) in [5, 5.41) is 13.7. The molecule has 1 aromatic heterocycles. The molecule has 0 bridgehead atoms. The number of aromatic nitrogens is 3. The third-order valence-electron chi connectivity index (χ3n) is 4.16. The van der Waals surface area contributed by atoms with E-state index in [4.69, 9.17) is 4.74 Å². The lowest BCUT2D eigenvalue weighted by Gasteiger charge is -2.22. The summed E-state index contributed by atoms with van der Waals surface area (Å²) in [6.07, 6.45) is 0.618. The van der Waals surface area contributed by atoms with Crippen LogP contribution in [0.5, 0.6) is 5.75 Å². The Bertz CT molecular complexity index is 829. The number of benzene rings is 1. The van der Waals surface area contributed by atoms with Crippen LogP contribution in [0.2, 0.25) is 0 Å². The summed E-state index contributed by atoms with van der Waals surface area (Å²) < 4.78 is 48.3. The molecule has 0 spiro atoms. The van der Waals surface area contributed by atoms with Crippen molar-refractivity contribution >= 4 is 5.96 Å². The molecule has 0 aliphatic carbocycles. The van der Waals surface area contributed by atoms with Crippen molar-refractivity contribution in [3.05, 3.63) is 42.0 Å². The molecule has 2 aromatic rings. The van der Waals surface area contributed by atoms with E-state index in [9.17, 15) is 13.2 Å². The molecule has 1 heterocycles. The zero-order valence-corrected chi connectivity index (χ0v) is 18.5. The zero-order valence-electron chi connectivity index (χ0n) is 18.5. The number of hydrogen-bond acceptors (Lipinski definition) is 4. The Hall–Kier alpha value is -2.78. The quantitative estimate of drug-likeness (QED) is 0.350. The summed E-state index contributed by atoms with van der Waals surface area (Å²) in [7, 11) is 0. The molecule has 172 valence electrons. The molecule has 31 heavy (non-hydrogen) atoms. The Morgan fingerprint density at radius 3 is 2.42 bits per heavy atom. The van der Waals surface area contributed by atoms with E-state index in [1.807, 2.05) is 11.5 Å². The van der Waals surface area contributed by atoms with Crippen LogP contribution in [-0.4, -0.2) is 39.4 Å². The summed E-state index contributed by atoms with van der Waals surface area (Å²) in [6, 6.07) is 4.02. The van der Waals surface area contributed by atoms with Crippen molar-refractivity contribution in [2.45, 2.75) is 65.4 Å². The van der Waals surface area contributed by atoms with Crippen molar-refractivity contribution < 1.29 is 17.9 Å². The fourth-order valence-corrected chi connectivity index (χ4v) is 2.84. The Labute approximate surface area is 181 Å². The number of hydrogen-bond donors (Lipinski definition) is 2. The molecule has 7 nitrogen and oxygen atoms in total. The molecule has 0 saturated heterocycles. The fourth-order valence-electron chi connectivity index (χ4n) is 2.84. The molecule has 0 aliphatic rings. The van der Waals surface area contributed by atoms with Crippen molar-refractivity contribution in [1.82, 2.24) is 25.4 Å². The number of halogens is 3. The Morgan fingerprint density at radius 2 is 1.81 bits per heavy atom. The van der Waals surface area contributed by atoms with E-state index in [2.05, 4.69) is 25.8 Å². The van der Waals surface area contributed by atoms with Crippen LogP contribution in [0.15, 0.2) is 35.8 Å². The average molecular weight is 441 g/mol. The van der Waals surface area contributed by atoms with Crippen molar-refractivity contribution in [1.29, 1.82) is 0 Å². The lowest BCUT2D eigenvalue weighted by Crippen LogP contribution is -2.37. The molecule has 1 aromatic carbocycles. The minimum Gasteiger partial charge on any atom is -0.488 e. The normalized spacial score (nSPS) is 12.7. The molecule has 0 amide bonds. The predicted molar refractivity (Wildman–Crippen MR) is 114 cm³/mol. The topological polar surface area (TPSA) is 76.4 Å². The van der Waals surface area contributed by atoms with Gasteiger partial charge in [-0.3, -0.25) is 0 Å². The van der Waals surface area contributed by atoms with Crippen LogP contribution < -0.4 is 15.4 Å². The van der Waals surface area contributed by atoms with Crippen LogP contribution in [0.1, 0.15) is 51.7 Å². The SMILES string of the molecule is CCNC(=NCc1ccc(OC(C)(C)C)cc1C(F)(F)F)NCCCCn1cnnc1. The highest BCUT2D eigenvalue weighted by molar-refractivity contribution is 5.79. The summed E-state index contributed by atoms with van der Waals surface area (Å²) >= 11 is 0. The monoisotopic (exact) mass is 440 g/mol. The van der Waals surface area contributed by atoms with E-state index in [-0.39, 0.29) is 17.9 Å². The van der Waals surface area contributed by atoms with Gasteiger partial charge in [-0.05, 0) is 58.2 Å². The van der Waals surface area contributed by atoms with Gasteiger partial charge in [0, 0.05) is 19.6 Å². The van der Waals surface area contributed by atoms with Crippen LogP contribution in [0.25, 0.3) is 0 Å². The molecule has 0 unspecified atom stereocenters. The van der Waals surface area contributed by atoms with Gasteiger partial charge in [-0.1, -0.05) is 6.07 Å². The second-order valence-corrected chi connectivity index (χ2v) is 8.06. The third-order valence-corrected chi connectivity index (χ3v) is 4.16. The van der Waals surface area contributed by atoms with Gasteiger partial charge in [0.15, 0.2) is 5.96 Å². The molecule has 0 saturated carbocycles. The minimum atomic E-state index is -4.49. The number of nitrogens with zero attached hydrogens (tertiary/aromatic N) is 4. The first-order valence-corrected chi connectivity index (χ1v) is 10.3. The maximum Gasteiger partial charge on any atom is 0.416 e. The van der Waals surface area contributed by atoms with Gasteiger partial charge >= 0.3 is 6.18 Å². The van der Waals surface area contributed by atoms with Gasteiger partial charge < -0.3 is 19.9 Å². The first-order valence-electron chi connectivity index (χ1n) is 10.3. The minimum absolute atomic E-state index is 0.0959. The zero-order chi connectivity index (χ0) is 22.9. The van der Waals surface area contributed by atoms with Crippen molar-refractivity contribution in [2.75, 3.05) is 13.1 Å². The molecule has 2 N–H and O–H groups in total. The second kappa shape index (κ2) is 11.0. The maximum atomic E-state index is 13.6. The van der Waals surface area contributed by atoms with Gasteiger partial charge in [-0.2, -0.15) is 13.2 Å². The molecule has 0 fully saturated rings. The standard InChI is InChI=1S/C21H31F3N6O/c1-5-25-19(26-10-6-7-11-30-14-28-29-15-30)27-13-16-8-9-17(31-20(2,3)4)12-18(16)21(22,23)24/h8-9,12,14-15H,5-7,10-11,13H2,1-4H3,(H2,25,26,27). The van der Waals surface area contributed by atoms with Crippen molar-refractivity contribution in [3.63, 3.8) is 0 Å². The largest absolute Gasteiger partial charge is 0.488 e. The van der Waals surface area contributed by atoms with Gasteiger partial charge in [0.2, 0.25) is 0 Å². The summed E-state index contributed by atoms with van der Waals surface area (Å²) in [5.41, 5.74) is -1.22. The lowest BCUT2D eigenvalue weighted by atomic mass is 10.1. The molecule has 0 radical (unpaired) electrons. The van der Waals surface area contributed by atoms with Crippen molar-refractivity contribution in [3.8, 4) is 5.75 Å². The van der Waals surface area contributed by atoms with Gasteiger partial charge in [0.1, 0.15) is 24.0 Å². The molecule has 2 rings (SSSR count). The summed E-state index contributed by atoms with van der Waals surface area (Å²) in [5.74, 6) is 0.667. The third kappa shape index (κ3) is 8.85. The van der Waals surface area contributed by atoms with E-state index in [0.717, 1.165) is 25.5 Å². The Morgan fingerprint density at radius 1 is 1.10 bits per heavy atom. The van der Waals surface area contributed by atoms with Crippen LogP contribution in [0.3, 0.4) is 0 Å². The molecule has 0 aliphatic heterocycles. The van der Waals surface area contributed by atoms with E-state index < -0.39 is 17.3 Å². The van der Waals surface area contributed by atoms with E-state index in [1.165, 1.54) is 6.07 Å². The average Bonchev–Trinajstić information content (AvgIpc) is 3.18. The summed E-state index contributed by atoms with van der Waals surface area (Å²) in [6.45, 7) is 9.25. The number of aliphatic imine (C=N–C) groups is 1. The van der Waals surface area contributed by atoms with Gasteiger partial charge in [0.25, 0.3) is 0 Å². The molecule has 10 heteroatoms. The smallest absolute Gasteiger partial charge is 0.416 e. The van der Waals surface area contributed by atoms with Crippen LogP contribution >= 0.6 is 0 Å². The highest BCUT2D eigenvalue weighted by Crippen LogP contribution is 2.35. The van der Waals surface area contributed by atoms with E-state index in [0.29, 0.717) is 19.0 Å². The van der Waals surface area contributed by atoms with Gasteiger partial charge in [-0.15, -0.1) is 10.2 Å². The second-order valence-electron chi connectivity index (χ2n) is 8.06. The van der Waals surface area contributed by atoms with E-state index >= 15 is 0 Å². The number of alkyl halides is 3. The number of aryl methyl sites for hydroxylation is 1. The van der Waals surface area contributed by atoms with Crippen LogP contribution in [0.4, 0.5) is 13.2 Å². The van der Waals surface area contributed by atoms with Crippen LogP contribution in [-0.2, 0) is 19.3 Å². The van der Waals surface area contributed by atoms with Gasteiger partial charge in [-0.25, -0.2) is 4.99 Å². The van der Waals surface area contributed by atoms with Crippen LogP contribution in [0, 0.1) is 0 Å². The van der Waals surface area contributed by atoms with E-state index in [1.54, 1.807) is 39.5 Å². The first-order chi connectivity index (χ1) is 14.6. The number of ether oxygens (including phenoxy) is 1. The van der Waals surface area contributed by atoms with Gasteiger partial charge in [0.05, 0.1) is 12.1 Å². The Balaban J connectivity index is 2.01. The van der Waals surface area contributed by atoms with Crippen molar-refractivity contribution in [2.24, 2.45) is 4.99 Å². The number of unbranched alkanes of at least 4 members (excludes halogenated alkanes) is 1. The molecular formula is C21H31F3N6O. The number of guanidine groups is 1. The first kappa shape index (κ1) is 24.5. The highest BCUT2D eigenvalue weighted by atomic mass is 19.4. The predicted octanol–water partition coefficient (Wildman–Crippen LogP) is 4.01. The molecule has 0 atom stereocenters.